The molecule has 1 fully saturated rings. The van der Waals surface area contributed by atoms with E-state index in [2.05, 4.69) is 14.9 Å². The molecule has 0 unspecified atom stereocenters. The van der Waals surface area contributed by atoms with Crippen LogP contribution in [0.4, 0.5) is 5.13 Å². The Bertz CT molecular complexity index is 1420. The molecule has 2 aromatic heterocycles. The van der Waals surface area contributed by atoms with Gasteiger partial charge in [0.15, 0.2) is 15.0 Å². The number of ether oxygens (including phenoxy) is 1. The number of amides is 1. The van der Waals surface area contributed by atoms with Crippen molar-refractivity contribution in [1.82, 2.24) is 14.9 Å². The maximum absolute atomic E-state index is 13.8. The van der Waals surface area contributed by atoms with E-state index in [1.165, 1.54) is 17.6 Å². The first-order chi connectivity index (χ1) is 15.9. The third-order valence-corrected chi connectivity index (χ3v) is 7.98. The molecule has 0 radical (unpaired) electrons. The van der Waals surface area contributed by atoms with E-state index in [1.54, 1.807) is 23.2 Å². The van der Waals surface area contributed by atoms with Gasteiger partial charge in [-0.25, -0.2) is 13.4 Å². The summed E-state index contributed by atoms with van der Waals surface area (Å²) in [6.45, 7) is 4.09. The van der Waals surface area contributed by atoms with Crippen molar-refractivity contribution in [1.29, 1.82) is 0 Å². The molecule has 1 saturated heterocycles. The van der Waals surface area contributed by atoms with Crippen LogP contribution in [-0.2, 0) is 14.6 Å². The monoisotopic (exact) mass is 484 g/mol. The van der Waals surface area contributed by atoms with E-state index in [0.29, 0.717) is 42.5 Å². The zero-order valence-electron chi connectivity index (χ0n) is 18.2. The Morgan fingerprint density at radius 3 is 2.76 bits per heavy atom. The van der Waals surface area contributed by atoms with Gasteiger partial charge in [0.1, 0.15) is 5.52 Å². The maximum atomic E-state index is 13.8. The van der Waals surface area contributed by atoms with Crippen LogP contribution < -0.4 is 4.90 Å². The smallest absolute Gasteiger partial charge is 0.262 e. The van der Waals surface area contributed by atoms with Crippen molar-refractivity contribution in [2.24, 2.45) is 0 Å². The molecule has 0 saturated carbocycles. The third kappa shape index (κ3) is 4.39. The number of nitrogens with one attached hydrogen (secondary N) is 1. The summed E-state index contributed by atoms with van der Waals surface area (Å²) < 4.78 is 30.7. The number of morpholine rings is 1. The summed E-state index contributed by atoms with van der Waals surface area (Å²) >= 11 is 1.33. The number of aromatic nitrogens is 2. The molecule has 0 spiro atoms. The molecule has 1 aliphatic heterocycles. The molecule has 4 aromatic rings. The molecule has 1 N–H and O–H groups in total. The lowest BCUT2D eigenvalue weighted by atomic mass is 10.1. The molecule has 5 rings (SSSR count). The minimum absolute atomic E-state index is 0.166. The summed E-state index contributed by atoms with van der Waals surface area (Å²) in [5.74, 6) is -0.166. The second-order valence-electron chi connectivity index (χ2n) is 8.03. The Morgan fingerprint density at radius 1 is 1.18 bits per heavy atom. The molecule has 2 aromatic carbocycles. The van der Waals surface area contributed by atoms with Crippen molar-refractivity contribution in [3.8, 4) is 0 Å². The van der Waals surface area contributed by atoms with Gasteiger partial charge in [-0.05, 0) is 18.2 Å². The fourth-order valence-electron chi connectivity index (χ4n) is 4.07. The van der Waals surface area contributed by atoms with Gasteiger partial charge in [-0.1, -0.05) is 35.6 Å². The molecule has 1 amide bonds. The van der Waals surface area contributed by atoms with E-state index in [-0.39, 0.29) is 10.8 Å². The van der Waals surface area contributed by atoms with E-state index >= 15 is 0 Å². The number of hydrogen-bond acceptors (Lipinski definition) is 7. The van der Waals surface area contributed by atoms with Crippen LogP contribution in [0.3, 0.4) is 0 Å². The molecule has 33 heavy (non-hydrogen) atoms. The number of benzene rings is 2. The second kappa shape index (κ2) is 8.86. The fraction of sp³-hybridized carbons (Fsp3) is 0.304. The number of rotatable bonds is 6. The molecule has 10 heteroatoms. The number of H-pyrrole nitrogens is 1. The number of carbonyl (C=O) groups is 1. The van der Waals surface area contributed by atoms with Gasteiger partial charge < -0.3 is 9.72 Å². The largest absolute Gasteiger partial charge is 0.379 e. The standard InChI is InChI=1S/C23H24N4O4S2/c1-33(29,30)20-8-4-7-19-21(20)25-23(32-19)27(10-9-26-11-13-31-14-12-26)22(28)17-15-24-18-6-3-2-5-16(17)18/h2-8,15,24H,9-14H2,1H3. The molecule has 0 atom stereocenters. The topological polar surface area (TPSA) is 95.6 Å². The minimum Gasteiger partial charge on any atom is -0.379 e. The molecule has 1 aliphatic rings. The Labute approximate surface area is 195 Å². The van der Waals surface area contributed by atoms with Crippen molar-refractivity contribution in [2.75, 3.05) is 50.5 Å². The van der Waals surface area contributed by atoms with Crippen LogP contribution in [0.5, 0.6) is 0 Å². The quantitative estimate of drug-likeness (QED) is 0.452. The number of carbonyl (C=O) groups excluding carboxylic acids is 1. The van der Waals surface area contributed by atoms with Gasteiger partial charge >= 0.3 is 0 Å². The van der Waals surface area contributed by atoms with Crippen LogP contribution in [-0.4, -0.2) is 74.8 Å². The predicted molar refractivity (Wildman–Crippen MR) is 130 cm³/mol. The van der Waals surface area contributed by atoms with Crippen LogP contribution in [0.25, 0.3) is 21.1 Å². The van der Waals surface area contributed by atoms with Gasteiger partial charge in [0, 0.05) is 49.5 Å². The Morgan fingerprint density at radius 2 is 1.97 bits per heavy atom. The zero-order chi connectivity index (χ0) is 23.0. The van der Waals surface area contributed by atoms with Crippen LogP contribution in [0.1, 0.15) is 10.4 Å². The molecule has 172 valence electrons. The Kier molecular flexibility index (Phi) is 5.92. The van der Waals surface area contributed by atoms with Gasteiger partial charge in [0.2, 0.25) is 0 Å². The first-order valence-corrected chi connectivity index (χ1v) is 13.4. The number of nitrogens with zero attached hydrogens (tertiary/aromatic N) is 3. The van der Waals surface area contributed by atoms with Crippen molar-refractivity contribution < 1.29 is 17.9 Å². The highest BCUT2D eigenvalue weighted by molar-refractivity contribution is 7.91. The van der Waals surface area contributed by atoms with E-state index in [1.807, 2.05) is 30.3 Å². The summed E-state index contributed by atoms with van der Waals surface area (Å²) in [6.07, 6.45) is 2.90. The molecular weight excluding hydrogens is 460 g/mol. The van der Waals surface area contributed by atoms with Crippen LogP contribution in [0, 0.1) is 0 Å². The molecule has 0 bridgehead atoms. The van der Waals surface area contributed by atoms with Crippen molar-refractivity contribution in [2.45, 2.75) is 4.90 Å². The van der Waals surface area contributed by atoms with Gasteiger partial charge in [-0.3, -0.25) is 14.6 Å². The number of anilines is 1. The van der Waals surface area contributed by atoms with Crippen LogP contribution in [0.2, 0.25) is 0 Å². The summed E-state index contributed by atoms with van der Waals surface area (Å²) in [5.41, 5.74) is 1.86. The average molecular weight is 485 g/mol. The summed E-state index contributed by atoms with van der Waals surface area (Å²) in [6, 6.07) is 12.8. The maximum Gasteiger partial charge on any atom is 0.262 e. The summed E-state index contributed by atoms with van der Waals surface area (Å²) in [5, 5.41) is 1.33. The molecule has 0 aliphatic carbocycles. The lowest BCUT2D eigenvalue weighted by molar-refractivity contribution is 0.0391. The minimum atomic E-state index is -3.45. The second-order valence-corrected chi connectivity index (χ2v) is 11.0. The van der Waals surface area contributed by atoms with Crippen LogP contribution in [0.15, 0.2) is 53.6 Å². The molecule has 8 nitrogen and oxygen atoms in total. The number of hydrogen-bond donors (Lipinski definition) is 1. The fourth-order valence-corrected chi connectivity index (χ4v) is 5.98. The summed E-state index contributed by atoms with van der Waals surface area (Å²) in [4.78, 5) is 25.7. The van der Waals surface area contributed by atoms with Gasteiger partial charge in [-0.15, -0.1) is 0 Å². The van der Waals surface area contributed by atoms with Crippen molar-refractivity contribution in [3.05, 3.63) is 54.2 Å². The number of para-hydroxylation sites is 2. The first-order valence-electron chi connectivity index (χ1n) is 10.7. The number of aromatic amines is 1. The van der Waals surface area contributed by atoms with E-state index in [4.69, 9.17) is 4.74 Å². The number of thiazole rings is 1. The highest BCUT2D eigenvalue weighted by atomic mass is 32.2. The van der Waals surface area contributed by atoms with E-state index in [0.717, 1.165) is 28.7 Å². The lowest BCUT2D eigenvalue weighted by Crippen LogP contribution is -2.43. The van der Waals surface area contributed by atoms with Gasteiger partial charge in [0.25, 0.3) is 5.91 Å². The van der Waals surface area contributed by atoms with Gasteiger partial charge in [0.05, 0.1) is 28.4 Å². The SMILES string of the molecule is CS(=O)(=O)c1cccc2sc(N(CCN3CCOCC3)C(=O)c3c[nH]c4ccccc34)nc12. The predicted octanol–water partition coefficient (Wildman–Crippen LogP) is 3.16. The Balaban J connectivity index is 1.55. The highest BCUT2D eigenvalue weighted by Gasteiger charge is 2.26. The van der Waals surface area contributed by atoms with Crippen LogP contribution >= 0.6 is 11.3 Å². The lowest BCUT2D eigenvalue weighted by Gasteiger charge is -2.29. The van der Waals surface area contributed by atoms with Gasteiger partial charge in [-0.2, -0.15) is 0 Å². The average Bonchev–Trinajstić information content (AvgIpc) is 3.43. The van der Waals surface area contributed by atoms with E-state index < -0.39 is 9.84 Å². The highest BCUT2D eigenvalue weighted by Crippen LogP contribution is 2.34. The summed E-state index contributed by atoms with van der Waals surface area (Å²) in [7, 11) is -3.45. The normalized spacial score (nSPS) is 15.3. The van der Waals surface area contributed by atoms with Crippen molar-refractivity contribution >= 4 is 53.3 Å². The zero-order valence-corrected chi connectivity index (χ0v) is 19.8. The molecular formula is C23H24N4O4S2. The van der Waals surface area contributed by atoms with Crippen molar-refractivity contribution in [3.63, 3.8) is 0 Å². The Hall–Kier alpha value is -2.79. The number of sulfone groups is 1. The molecule has 3 heterocycles. The van der Waals surface area contributed by atoms with E-state index in [9.17, 15) is 13.2 Å². The third-order valence-electron chi connectivity index (χ3n) is 5.81. The number of fused-ring (bicyclic) bond motifs is 2. The first kappa shape index (κ1) is 22.0.